The molecule has 2 heterocycles. The fourth-order valence-electron chi connectivity index (χ4n) is 6.48. The molecule has 0 saturated heterocycles. The number of benzene rings is 6. The molecular formula is C36H21NS. The molecule has 38 heavy (non-hydrogen) atoms. The van der Waals surface area contributed by atoms with Gasteiger partial charge in [-0.05, 0) is 57.8 Å². The summed E-state index contributed by atoms with van der Waals surface area (Å²) in [6.45, 7) is 0. The Bertz CT molecular complexity index is 2170. The standard InChI is InChI=1S/C36H21NS/c1-3-13-31-26(9-1)27-10-2-4-14-32(27)37(31)25-18-15-22(16-19-25)24-17-20-28-33(21-24)38-36-30-12-6-8-23-7-5-11-29(34(23)30)35(28)36/h1-21H. The van der Waals surface area contributed by atoms with E-state index in [0.717, 1.165) is 0 Å². The van der Waals surface area contributed by atoms with Gasteiger partial charge in [0.05, 0.1) is 11.0 Å². The molecule has 6 aromatic carbocycles. The Hall–Kier alpha value is -4.66. The number of nitrogens with zero attached hydrogens (tertiary/aromatic N) is 1. The first-order valence-corrected chi connectivity index (χ1v) is 13.8. The summed E-state index contributed by atoms with van der Waals surface area (Å²) in [6, 6.07) is 46.8. The Balaban J connectivity index is 1.16. The second kappa shape index (κ2) is 7.44. The van der Waals surface area contributed by atoms with Gasteiger partial charge >= 0.3 is 0 Å². The molecule has 0 spiro atoms. The fraction of sp³-hybridized carbons (Fsp3) is 0. The van der Waals surface area contributed by atoms with Crippen LogP contribution in [0.15, 0.2) is 127 Å². The minimum absolute atomic E-state index is 1.19. The van der Waals surface area contributed by atoms with E-state index in [9.17, 15) is 0 Å². The van der Waals surface area contributed by atoms with Gasteiger partial charge in [-0.3, -0.25) is 0 Å². The quantitative estimate of drug-likeness (QED) is 0.223. The van der Waals surface area contributed by atoms with Crippen molar-refractivity contribution in [2.75, 3.05) is 0 Å². The highest BCUT2D eigenvalue weighted by Crippen LogP contribution is 2.54. The van der Waals surface area contributed by atoms with Crippen LogP contribution in [0.2, 0.25) is 0 Å². The van der Waals surface area contributed by atoms with Gasteiger partial charge in [0, 0.05) is 42.6 Å². The predicted octanol–water partition coefficient (Wildman–Crippen LogP) is 10.5. The molecule has 0 amide bonds. The average Bonchev–Trinajstić information content (AvgIpc) is 3.62. The summed E-state index contributed by atoms with van der Waals surface area (Å²) in [7, 11) is 0. The number of hydrogen-bond acceptors (Lipinski definition) is 1. The average molecular weight is 500 g/mol. The first-order valence-electron chi connectivity index (χ1n) is 13.0. The van der Waals surface area contributed by atoms with Crippen molar-refractivity contribution in [3.63, 3.8) is 0 Å². The molecule has 0 atom stereocenters. The van der Waals surface area contributed by atoms with Crippen molar-refractivity contribution in [1.82, 2.24) is 4.57 Å². The first kappa shape index (κ1) is 20.4. The number of para-hydroxylation sites is 2. The topological polar surface area (TPSA) is 4.93 Å². The predicted molar refractivity (Wildman–Crippen MR) is 164 cm³/mol. The number of thiophene rings is 1. The Kier molecular flexibility index (Phi) is 3.99. The highest BCUT2D eigenvalue weighted by Gasteiger charge is 2.25. The van der Waals surface area contributed by atoms with Crippen LogP contribution in [-0.4, -0.2) is 4.57 Å². The van der Waals surface area contributed by atoms with Crippen LogP contribution in [0.25, 0.3) is 81.0 Å². The SMILES string of the molecule is c1cc2c3c(cccc3c1)-c1c-2sc2cc(-c3ccc(-n4c5ccccc5c5ccccc54)cc3)ccc12. The summed E-state index contributed by atoms with van der Waals surface area (Å²) in [6.07, 6.45) is 0. The van der Waals surface area contributed by atoms with E-state index in [-0.39, 0.29) is 0 Å². The smallest absolute Gasteiger partial charge is 0.0541 e. The van der Waals surface area contributed by atoms with Crippen LogP contribution in [0.3, 0.4) is 0 Å². The second-order valence-electron chi connectivity index (χ2n) is 10.1. The fourth-order valence-corrected chi connectivity index (χ4v) is 7.76. The van der Waals surface area contributed by atoms with Crippen LogP contribution >= 0.6 is 11.3 Å². The molecule has 0 unspecified atom stereocenters. The molecule has 0 aliphatic heterocycles. The Labute approximate surface area is 223 Å². The summed E-state index contributed by atoms with van der Waals surface area (Å²) in [5.41, 5.74) is 10.3. The molecule has 0 N–H and O–H groups in total. The monoisotopic (exact) mass is 499 g/mol. The van der Waals surface area contributed by atoms with Crippen LogP contribution in [0.1, 0.15) is 0 Å². The van der Waals surface area contributed by atoms with Gasteiger partial charge < -0.3 is 4.57 Å². The summed E-state index contributed by atoms with van der Waals surface area (Å²) >= 11 is 1.92. The van der Waals surface area contributed by atoms with E-state index >= 15 is 0 Å². The summed E-state index contributed by atoms with van der Waals surface area (Å²) in [5.74, 6) is 0. The Morgan fingerprint density at radius 1 is 0.500 bits per heavy atom. The maximum absolute atomic E-state index is 2.37. The summed E-state index contributed by atoms with van der Waals surface area (Å²) < 4.78 is 3.73. The van der Waals surface area contributed by atoms with Gasteiger partial charge in [-0.15, -0.1) is 11.3 Å². The van der Waals surface area contributed by atoms with E-state index < -0.39 is 0 Å². The van der Waals surface area contributed by atoms with E-state index in [1.165, 1.54) is 81.0 Å². The van der Waals surface area contributed by atoms with E-state index in [0.29, 0.717) is 0 Å². The summed E-state index contributed by atoms with van der Waals surface area (Å²) in [4.78, 5) is 1.41. The Morgan fingerprint density at radius 3 is 1.89 bits per heavy atom. The molecule has 0 radical (unpaired) electrons. The van der Waals surface area contributed by atoms with Crippen LogP contribution in [0.4, 0.5) is 0 Å². The lowest BCUT2D eigenvalue weighted by atomic mass is 10.00. The molecule has 0 fully saturated rings. The molecule has 8 aromatic rings. The molecule has 0 bridgehead atoms. The van der Waals surface area contributed by atoms with E-state index in [1.54, 1.807) is 0 Å². The third-order valence-corrected chi connectivity index (χ3v) is 9.33. The molecule has 2 heteroatoms. The van der Waals surface area contributed by atoms with Gasteiger partial charge in [0.1, 0.15) is 0 Å². The van der Waals surface area contributed by atoms with Crippen molar-refractivity contribution in [1.29, 1.82) is 0 Å². The van der Waals surface area contributed by atoms with Crippen molar-refractivity contribution in [3.8, 4) is 38.4 Å². The zero-order chi connectivity index (χ0) is 24.8. The molecule has 0 saturated carbocycles. The first-order chi connectivity index (χ1) is 18.8. The maximum Gasteiger partial charge on any atom is 0.0541 e. The van der Waals surface area contributed by atoms with Gasteiger partial charge in [0.2, 0.25) is 0 Å². The number of aromatic nitrogens is 1. The van der Waals surface area contributed by atoms with Crippen LogP contribution in [0, 0.1) is 0 Å². The van der Waals surface area contributed by atoms with Gasteiger partial charge in [0.15, 0.2) is 0 Å². The lowest BCUT2D eigenvalue weighted by molar-refractivity contribution is 1.18. The minimum atomic E-state index is 1.19. The van der Waals surface area contributed by atoms with E-state index in [4.69, 9.17) is 0 Å². The van der Waals surface area contributed by atoms with Gasteiger partial charge in [0.25, 0.3) is 0 Å². The minimum Gasteiger partial charge on any atom is -0.309 e. The maximum atomic E-state index is 2.37. The number of hydrogen-bond donors (Lipinski definition) is 0. The van der Waals surface area contributed by atoms with Crippen molar-refractivity contribution < 1.29 is 0 Å². The lowest BCUT2D eigenvalue weighted by Gasteiger charge is -2.10. The molecule has 1 aliphatic carbocycles. The van der Waals surface area contributed by atoms with Crippen molar-refractivity contribution in [2.24, 2.45) is 0 Å². The molecule has 9 rings (SSSR count). The van der Waals surface area contributed by atoms with Gasteiger partial charge in [-0.25, -0.2) is 0 Å². The van der Waals surface area contributed by atoms with Gasteiger partial charge in [-0.1, -0.05) is 97.1 Å². The van der Waals surface area contributed by atoms with E-state index in [1.807, 2.05) is 11.3 Å². The molecule has 1 aliphatic rings. The normalized spacial score (nSPS) is 12.2. The third-order valence-electron chi connectivity index (χ3n) is 8.15. The summed E-state index contributed by atoms with van der Waals surface area (Å²) in [5, 5.41) is 6.68. The third kappa shape index (κ3) is 2.65. The lowest BCUT2D eigenvalue weighted by Crippen LogP contribution is -1.93. The van der Waals surface area contributed by atoms with Crippen molar-refractivity contribution in [3.05, 3.63) is 127 Å². The number of fused-ring (bicyclic) bond motifs is 8. The Morgan fingerprint density at radius 2 is 1.16 bits per heavy atom. The highest BCUT2D eigenvalue weighted by molar-refractivity contribution is 7.23. The van der Waals surface area contributed by atoms with Gasteiger partial charge in [-0.2, -0.15) is 0 Å². The molecule has 1 nitrogen and oxygen atoms in total. The van der Waals surface area contributed by atoms with Crippen molar-refractivity contribution >= 4 is 54.0 Å². The molecular weight excluding hydrogens is 478 g/mol. The van der Waals surface area contributed by atoms with Crippen LogP contribution < -0.4 is 0 Å². The number of rotatable bonds is 2. The largest absolute Gasteiger partial charge is 0.309 e. The zero-order valence-electron chi connectivity index (χ0n) is 20.5. The zero-order valence-corrected chi connectivity index (χ0v) is 21.3. The van der Waals surface area contributed by atoms with E-state index in [2.05, 4.69) is 132 Å². The van der Waals surface area contributed by atoms with Crippen LogP contribution in [-0.2, 0) is 0 Å². The van der Waals surface area contributed by atoms with Crippen LogP contribution in [0.5, 0.6) is 0 Å². The molecule has 176 valence electrons. The highest BCUT2D eigenvalue weighted by atomic mass is 32.1. The second-order valence-corrected chi connectivity index (χ2v) is 11.2. The molecule has 2 aromatic heterocycles. The van der Waals surface area contributed by atoms with Crippen molar-refractivity contribution in [2.45, 2.75) is 0 Å².